The van der Waals surface area contributed by atoms with Gasteiger partial charge in [-0.1, -0.05) is 60.7 Å². The van der Waals surface area contributed by atoms with E-state index in [4.69, 9.17) is 11.5 Å². The van der Waals surface area contributed by atoms with Gasteiger partial charge in [0.25, 0.3) is 0 Å². The smallest absolute Gasteiger partial charge is 0.211 e. The molecule has 0 aliphatic carbocycles. The summed E-state index contributed by atoms with van der Waals surface area (Å²) in [5.74, 6) is -0.0549. The predicted molar refractivity (Wildman–Crippen MR) is 116 cm³/mol. The number of para-hydroxylation sites is 1. The summed E-state index contributed by atoms with van der Waals surface area (Å²) < 4.78 is 2.23. The van der Waals surface area contributed by atoms with Gasteiger partial charge in [-0.2, -0.15) is 5.10 Å². The van der Waals surface area contributed by atoms with E-state index < -0.39 is 0 Å². The maximum atomic E-state index is 5.34. The second-order valence-electron chi connectivity index (χ2n) is 6.14. The van der Waals surface area contributed by atoms with E-state index in [0.29, 0.717) is 0 Å². The largest absolute Gasteiger partial charge is 0.369 e. The third kappa shape index (κ3) is 3.78. The zero-order chi connectivity index (χ0) is 17.9. The summed E-state index contributed by atoms with van der Waals surface area (Å²) in [7, 11) is 0. The summed E-state index contributed by atoms with van der Waals surface area (Å²) in [6.07, 6.45) is 3.76. The Hall–Kier alpha value is -3.31. The molecule has 0 radical (unpaired) electrons. The summed E-state index contributed by atoms with van der Waals surface area (Å²) in [6, 6.07) is 23.1. The van der Waals surface area contributed by atoms with E-state index in [9.17, 15) is 0 Å². The Morgan fingerprint density at radius 2 is 1.59 bits per heavy atom. The third-order valence-electron chi connectivity index (χ3n) is 4.41. The maximum Gasteiger partial charge on any atom is 0.211 e. The highest BCUT2D eigenvalue weighted by Crippen LogP contribution is 2.24. The third-order valence-corrected chi connectivity index (χ3v) is 4.41. The molecule has 1 heterocycles. The first-order valence-electron chi connectivity index (χ1n) is 8.39. The molecule has 0 aliphatic rings. The molecule has 0 aliphatic heterocycles. The Morgan fingerprint density at radius 1 is 0.889 bits per heavy atom. The highest BCUT2D eigenvalue weighted by atomic mass is 35.5. The van der Waals surface area contributed by atoms with Crippen LogP contribution in [0.3, 0.4) is 0 Å². The standard InChI is InChI=1S/C21H19N5.ClH/c22-21(23)25-24-12-17-14-26(20-11-4-3-10-19(17)20)13-16-8-5-7-15-6-1-2-9-18(15)16;/h1-12,14H,13H2,(H4,22,23,25);1H/b24-12+;. The number of nitrogens with two attached hydrogens (primary N) is 2. The van der Waals surface area contributed by atoms with Crippen LogP contribution in [0.25, 0.3) is 21.7 Å². The molecule has 1 aromatic heterocycles. The Morgan fingerprint density at radius 3 is 2.41 bits per heavy atom. The molecule has 4 aromatic rings. The first kappa shape index (κ1) is 18.5. The van der Waals surface area contributed by atoms with Crippen molar-refractivity contribution in [2.24, 2.45) is 21.7 Å². The topological polar surface area (TPSA) is 81.7 Å². The average Bonchev–Trinajstić information content (AvgIpc) is 3.00. The number of fused-ring (bicyclic) bond motifs is 2. The van der Waals surface area contributed by atoms with Gasteiger partial charge in [-0.15, -0.1) is 17.5 Å². The van der Waals surface area contributed by atoms with Gasteiger partial charge in [0, 0.05) is 29.2 Å². The molecule has 0 saturated carbocycles. The van der Waals surface area contributed by atoms with E-state index in [1.165, 1.54) is 16.3 Å². The van der Waals surface area contributed by atoms with Crippen LogP contribution >= 0.6 is 12.4 Å². The fraction of sp³-hybridized carbons (Fsp3) is 0.0476. The summed E-state index contributed by atoms with van der Waals surface area (Å²) in [4.78, 5) is 0. The Balaban J connectivity index is 0.00000210. The molecule has 5 nitrogen and oxygen atoms in total. The molecule has 0 bridgehead atoms. The number of halogens is 1. The fourth-order valence-corrected chi connectivity index (χ4v) is 3.28. The Kier molecular flexibility index (Phi) is 5.43. The van der Waals surface area contributed by atoms with Crippen molar-refractivity contribution in [2.45, 2.75) is 6.54 Å². The van der Waals surface area contributed by atoms with Crippen molar-refractivity contribution >= 4 is 46.3 Å². The van der Waals surface area contributed by atoms with E-state index in [-0.39, 0.29) is 18.4 Å². The molecule has 4 rings (SSSR count). The van der Waals surface area contributed by atoms with Crippen LogP contribution in [0.15, 0.2) is 83.1 Å². The number of nitrogens with zero attached hydrogens (tertiary/aromatic N) is 3. The summed E-state index contributed by atoms with van der Waals surface area (Å²) in [6.45, 7) is 0.776. The van der Waals surface area contributed by atoms with E-state index in [0.717, 1.165) is 23.0 Å². The van der Waals surface area contributed by atoms with Crippen molar-refractivity contribution in [1.82, 2.24) is 4.57 Å². The van der Waals surface area contributed by atoms with Crippen molar-refractivity contribution in [3.63, 3.8) is 0 Å². The monoisotopic (exact) mass is 377 g/mol. The lowest BCUT2D eigenvalue weighted by atomic mass is 10.0. The van der Waals surface area contributed by atoms with E-state index >= 15 is 0 Å². The quantitative estimate of drug-likeness (QED) is 0.321. The zero-order valence-electron chi connectivity index (χ0n) is 14.6. The first-order chi connectivity index (χ1) is 12.7. The molecule has 3 aromatic carbocycles. The van der Waals surface area contributed by atoms with Crippen molar-refractivity contribution in [1.29, 1.82) is 0 Å². The molecule has 136 valence electrons. The van der Waals surface area contributed by atoms with Gasteiger partial charge < -0.3 is 16.0 Å². The SMILES string of the molecule is Cl.NC(N)=N/N=C/c1cn(Cc2cccc3ccccc23)c2ccccc12. The van der Waals surface area contributed by atoms with Gasteiger partial charge in [0.1, 0.15) is 0 Å². The molecule has 0 fully saturated rings. The molecular formula is C21H20ClN5. The summed E-state index contributed by atoms with van der Waals surface area (Å²) in [5, 5.41) is 11.3. The van der Waals surface area contributed by atoms with Crippen LogP contribution in [0.2, 0.25) is 0 Å². The number of hydrogen-bond acceptors (Lipinski definition) is 2. The van der Waals surface area contributed by atoms with Gasteiger partial charge in [0.05, 0.1) is 6.21 Å². The van der Waals surface area contributed by atoms with Crippen molar-refractivity contribution in [2.75, 3.05) is 0 Å². The minimum absolute atomic E-state index is 0. The summed E-state index contributed by atoms with van der Waals surface area (Å²) in [5.41, 5.74) is 14.1. The van der Waals surface area contributed by atoms with Crippen LogP contribution in [0.1, 0.15) is 11.1 Å². The highest BCUT2D eigenvalue weighted by molar-refractivity contribution is 5.99. The van der Waals surface area contributed by atoms with E-state index in [1.54, 1.807) is 6.21 Å². The van der Waals surface area contributed by atoms with Crippen LogP contribution in [0.5, 0.6) is 0 Å². The van der Waals surface area contributed by atoms with Gasteiger partial charge in [0.2, 0.25) is 5.96 Å². The van der Waals surface area contributed by atoms with Gasteiger partial charge in [-0.05, 0) is 22.4 Å². The number of aromatic nitrogens is 1. The second-order valence-corrected chi connectivity index (χ2v) is 6.14. The molecule has 0 unspecified atom stereocenters. The lowest BCUT2D eigenvalue weighted by Crippen LogP contribution is -2.21. The van der Waals surface area contributed by atoms with Crippen LogP contribution in [-0.4, -0.2) is 16.7 Å². The average molecular weight is 378 g/mol. The minimum Gasteiger partial charge on any atom is -0.369 e. The number of rotatable bonds is 4. The van der Waals surface area contributed by atoms with Crippen molar-refractivity contribution < 1.29 is 0 Å². The fourth-order valence-electron chi connectivity index (χ4n) is 3.28. The van der Waals surface area contributed by atoms with Gasteiger partial charge in [0.15, 0.2) is 0 Å². The molecule has 4 N–H and O–H groups in total. The molecule has 0 atom stereocenters. The number of guanidine groups is 1. The van der Waals surface area contributed by atoms with Crippen molar-refractivity contribution in [3.8, 4) is 0 Å². The molecule has 0 spiro atoms. The summed E-state index contributed by atoms with van der Waals surface area (Å²) >= 11 is 0. The Labute approximate surface area is 163 Å². The van der Waals surface area contributed by atoms with Crippen LogP contribution < -0.4 is 11.5 Å². The maximum absolute atomic E-state index is 5.34. The van der Waals surface area contributed by atoms with Gasteiger partial charge >= 0.3 is 0 Å². The second kappa shape index (κ2) is 7.93. The first-order valence-corrected chi connectivity index (χ1v) is 8.39. The lowest BCUT2D eigenvalue weighted by Gasteiger charge is -2.09. The van der Waals surface area contributed by atoms with Crippen LogP contribution in [0, 0.1) is 0 Å². The molecule has 6 heteroatoms. The normalized spacial score (nSPS) is 11.0. The molecule has 27 heavy (non-hydrogen) atoms. The van der Waals surface area contributed by atoms with Gasteiger partial charge in [-0.3, -0.25) is 0 Å². The number of hydrogen-bond donors (Lipinski definition) is 2. The van der Waals surface area contributed by atoms with Gasteiger partial charge in [-0.25, -0.2) is 0 Å². The predicted octanol–water partition coefficient (Wildman–Crippen LogP) is 3.87. The van der Waals surface area contributed by atoms with Crippen molar-refractivity contribution in [3.05, 3.63) is 84.1 Å². The molecular weight excluding hydrogens is 358 g/mol. The Bertz CT molecular complexity index is 1130. The highest BCUT2D eigenvalue weighted by Gasteiger charge is 2.08. The molecule has 0 amide bonds. The van der Waals surface area contributed by atoms with Crippen LogP contribution in [0.4, 0.5) is 0 Å². The van der Waals surface area contributed by atoms with E-state index in [1.807, 2.05) is 12.1 Å². The van der Waals surface area contributed by atoms with Crippen LogP contribution in [-0.2, 0) is 6.54 Å². The number of benzene rings is 3. The zero-order valence-corrected chi connectivity index (χ0v) is 15.4. The minimum atomic E-state index is -0.0549. The molecule has 0 saturated heterocycles. The lowest BCUT2D eigenvalue weighted by molar-refractivity contribution is 0.842. The van der Waals surface area contributed by atoms with E-state index in [2.05, 4.69) is 75.6 Å².